The maximum atomic E-state index is 12.2. The molecule has 5 heteroatoms. The van der Waals surface area contributed by atoms with E-state index in [9.17, 15) is 9.70 Å². The Labute approximate surface area is 136 Å². The van der Waals surface area contributed by atoms with E-state index in [1.807, 2.05) is 74.5 Å². The lowest BCUT2D eigenvalue weighted by Crippen LogP contribution is -2.36. The Bertz CT molecular complexity index is 631. The smallest absolute Gasteiger partial charge is 0.241 e. The van der Waals surface area contributed by atoms with Gasteiger partial charge in [-0.25, -0.2) is 5.01 Å². The minimum absolute atomic E-state index is 0.0727. The topological polar surface area (TPSA) is 61.8 Å². The average molecular weight is 311 g/mol. The highest BCUT2D eigenvalue weighted by Gasteiger charge is 2.19. The molecule has 0 spiro atoms. The van der Waals surface area contributed by atoms with E-state index in [0.29, 0.717) is 0 Å². The molecule has 0 fully saturated rings. The number of nitrogens with one attached hydrogen (secondary N) is 1. The Hall–Kier alpha value is -2.69. The van der Waals surface area contributed by atoms with Crippen molar-refractivity contribution in [3.63, 3.8) is 0 Å². The van der Waals surface area contributed by atoms with Gasteiger partial charge in [0, 0.05) is 0 Å². The number of carbonyl (C=O) groups is 1. The standard InChI is InChI=1S/C18H21N3O2/c1-14(16-9-5-3-6-10-16)19-18(22)13-21(20-23)15(2)17-11-7-4-8-12-17/h3-12,14-15H,13H2,1-2H3,(H,19,22)/t14-,15-/m1/s1. The van der Waals surface area contributed by atoms with Gasteiger partial charge in [0.25, 0.3) is 0 Å². The van der Waals surface area contributed by atoms with Gasteiger partial charge in [-0.2, -0.15) is 0 Å². The summed E-state index contributed by atoms with van der Waals surface area (Å²) in [7, 11) is 0. The van der Waals surface area contributed by atoms with Crippen molar-refractivity contribution in [2.75, 3.05) is 6.54 Å². The molecule has 0 saturated heterocycles. The molecular formula is C18H21N3O2. The van der Waals surface area contributed by atoms with Crippen LogP contribution in [-0.2, 0) is 4.79 Å². The van der Waals surface area contributed by atoms with E-state index in [-0.39, 0.29) is 24.5 Å². The second-order valence-electron chi connectivity index (χ2n) is 5.47. The normalized spacial score (nSPS) is 13.0. The van der Waals surface area contributed by atoms with Crippen molar-refractivity contribution in [2.45, 2.75) is 25.9 Å². The molecule has 0 radical (unpaired) electrons. The van der Waals surface area contributed by atoms with Gasteiger partial charge in [-0.05, 0) is 25.0 Å². The van der Waals surface area contributed by atoms with Crippen LogP contribution in [0.15, 0.2) is 65.9 Å². The maximum Gasteiger partial charge on any atom is 0.241 e. The van der Waals surface area contributed by atoms with Gasteiger partial charge in [0.15, 0.2) is 0 Å². The number of rotatable bonds is 7. The number of nitroso groups, excluding NO2 is 1. The summed E-state index contributed by atoms with van der Waals surface area (Å²) >= 11 is 0. The van der Waals surface area contributed by atoms with Crippen LogP contribution in [0.5, 0.6) is 0 Å². The van der Waals surface area contributed by atoms with Crippen LogP contribution in [0.25, 0.3) is 0 Å². The third kappa shape index (κ3) is 4.64. The largest absolute Gasteiger partial charge is 0.348 e. The summed E-state index contributed by atoms with van der Waals surface area (Å²) in [5.41, 5.74) is 1.96. The molecule has 2 atom stereocenters. The van der Waals surface area contributed by atoms with Gasteiger partial charge in [0.1, 0.15) is 6.54 Å². The predicted molar refractivity (Wildman–Crippen MR) is 90.4 cm³/mol. The first-order valence-electron chi connectivity index (χ1n) is 7.61. The number of amides is 1. The molecule has 0 bridgehead atoms. The lowest BCUT2D eigenvalue weighted by molar-refractivity contribution is -0.123. The molecule has 23 heavy (non-hydrogen) atoms. The van der Waals surface area contributed by atoms with Crippen LogP contribution in [0.1, 0.15) is 37.1 Å². The van der Waals surface area contributed by atoms with Crippen molar-refractivity contribution in [1.29, 1.82) is 0 Å². The summed E-state index contributed by atoms with van der Waals surface area (Å²) in [4.78, 5) is 23.3. The van der Waals surface area contributed by atoms with Gasteiger partial charge in [-0.15, -0.1) is 4.91 Å². The van der Waals surface area contributed by atoms with Crippen molar-refractivity contribution in [2.24, 2.45) is 5.29 Å². The van der Waals surface area contributed by atoms with E-state index in [1.54, 1.807) is 0 Å². The summed E-state index contributed by atoms with van der Waals surface area (Å²) in [6.45, 7) is 3.69. The van der Waals surface area contributed by atoms with E-state index in [1.165, 1.54) is 5.01 Å². The molecule has 120 valence electrons. The zero-order valence-electron chi connectivity index (χ0n) is 13.3. The first-order chi connectivity index (χ1) is 11.1. The Kier molecular flexibility index (Phi) is 5.86. The van der Waals surface area contributed by atoms with Crippen molar-refractivity contribution < 1.29 is 4.79 Å². The first kappa shape index (κ1) is 16.7. The minimum atomic E-state index is -0.258. The molecule has 0 unspecified atom stereocenters. The van der Waals surface area contributed by atoms with E-state index >= 15 is 0 Å². The van der Waals surface area contributed by atoms with Gasteiger partial charge >= 0.3 is 0 Å². The summed E-state index contributed by atoms with van der Waals surface area (Å²) in [5, 5.41) is 7.15. The second kappa shape index (κ2) is 8.08. The molecule has 0 saturated carbocycles. The molecular weight excluding hydrogens is 290 g/mol. The average Bonchev–Trinajstić information content (AvgIpc) is 2.60. The monoisotopic (exact) mass is 311 g/mol. The predicted octanol–water partition coefficient (Wildman–Crippen LogP) is 3.61. The van der Waals surface area contributed by atoms with Gasteiger partial charge in [-0.1, -0.05) is 60.7 Å². The number of benzene rings is 2. The lowest BCUT2D eigenvalue weighted by Gasteiger charge is -2.24. The van der Waals surface area contributed by atoms with Gasteiger partial charge < -0.3 is 5.32 Å². The first-order valence-corrected chi connectivity index (χ1v) is 7.61. The van der Waals surface area contributed by atoms with Crippen molar-refractivity contribution >= 4 is 5.91 Å². The summed E-state index contributed by atoms with van der Waals surface area (Å²) < 4.78 is 0. The molecule has 0 heterocycles. The van der Waals surface area contributed by atoms with Gasteiger partial charge in [0.05, 0.1) is 17.4 Å². The number of hydrogen-bond acceptors (Lipinski definition) is 3. The number of carbonyl (C=O) groups excluding carboxylic acids is 1. The van der Waals surface area contributed by atoms with Crippen molar-refractivity contribution in [1.82, 2.24) is 10.3 Å². The highest BCUT2D eigenvalue weighted by Crippen LogP contribution is 2.20. The van der Waals surface area contributed by atoms with Crippen LogP contribution in [0, 0.1) is 4.91 Å². The van der Waals surface area contributed by atoms with Gasteiger partial charge in [-0.3, -0.25) is 4.79 Å². The molecule has 2 aromatic carbocycles. The fourth-order valence-electron chi connectivity index (χ4n) is 2.40. The third-order valence-electron chi connectivity index (χ3n) is 3.82. The molecule has 1 amide bonds. The summed E-state index contributed by atoms with van der Waals surface area (Å²) in [6, 6.07) is 18.8. The highest BCUT2D eigenvalue weighted by molar-refractivity contribution is 5.78. The van der Waals surface area contributed by atoms with Crippen LogP contribution >= 0.6 is 0 Å². The van der Waals surface area contributed by atoms with Crippen LogP contribution in [0.3, 0.4) is 0 Å². The molecule has 2 aromatic rings. The maximum absolute atomic E-state index is 12.2. The van der Waals surface area contributed by atoms with Gasteiger partial charge in [0.2, 0.25) is 5.91 Å². The number of nitrogens with zero attached hydrogens (tertiary/aromatic N) is 2. The van der Waals surface area contributed by atoms with Crippen molar-refractivity contribution in [3.05, 3.63) is 76.7 Å². The molecule has 0 aliphatic heterocycles. The van der Waals surface area contributed by atoms with E-state index < -0.39 is 0 Å². The molecule has 2 rings (SSSR count). The van der Waals surface area contributed by atoms with Crippen molar-refractivity contribution in [3.8, 4) is 0 Å². The third-order valence-corrected chi connectivity index (χ3v) is 3.82. The van der Waals surface area contributed by atoms with Crippen LogP contribution in [-0.4, -0.2) is 17.5 Å². The molecule has 0 aliphatic carbocycles. The Balaban J connectivity index is 1.96. The molecule has 1 N–H and O–H groups in total. The Morgan fingerprint density at radius 3 is 2.04 bits per heavy atom. The minimum Gasteiger partial charge on any atom is -0.348 e. The zero-order valence-corrected chi connectivity index (χ0v) is 13.3. The fourth-order valence-corrected chi connectivity index (χ4v) is 2.40. The van der Waals surface area contributed by atoms with Crippen LogP contribution < -0.4 is 5.32 Å². The Morgan fingerprint density at radius 1 is 1.00 bits per heavy atom. The number of hydrogen-bond donors (Lipinski definition) is 1. The highest BCUT2D eigenvalue weighted by atomic mass is 16.3. The molecule has 0 aliphatic rings. The fraction of sp³-hybridized carbons (Fsp3) is 0.278. The molecule has 0 aromatic heterocycles. The van der Waals surface area contributed by atoms with E-state index in [2.05, 4.69) is 10.6 Å². The second-order valence-corrected chi connectivity index (χ2v) is 5.47. The zero-order chi connectivity index (χ0) is 16.7. The van der Waals surface area contributed by atoms with Crippen LogP contribution in [0.4, 0.5) is 0 Å². The van der Waals surface area contributed by atoms with Crippen LogP contribution in [0.2, 0.25) is 0 Å². The Morgan fingerprint density at radius 2 is 1.52 bits per heavy atom. The quantitative estimate of drug-likeness (QED) is 0.627. The lowest BCUT2D eigenvalue weighted by atomic mass is 10.1. The summed E-state index contributed by atoms with van der Waals surface area (Å²) in [6.07, 6.45) is 0. The SMILES string of the molecule is C[C@H](c1ccccc1)N(CC(=O)N[C@H](C)c1ccccc1)N=O. The molecule has 5 nitrogen and oxygen atoms in total. The summed E-state index contributed by atoms with van der Waals surface area (Å²) in [5.74, 6) is -0.233. The van der Waals surface area contributed by atoms with E-state index in [0.717, 1.165) is 11.1 Å². The van der Waals surface area contributed by atoms with E-state index in [4.69, 9.17) is 0 Å².